The SMILES string of the molecule is COc1cccc([C@@]2(O)C[C@H](OC(=O)CC3(CN)CCCCC3)CC[C@@H]2CN(C)C)c1. The van der Waals surface area contributed by atoms with Gasteiger partial charge in [-0.3, -0.25) is 4.79 Å². The van der Waals surface area contributed by atoms with E-state index in [9.17, 15) is 9.90 Å². The fourth-order valence-corrected chi connectivity index (χ4v) is 5.56. The van der Waals surface area contributed by atoms with E-state index >= 15 is 0 Å². The van der Waals surface area contributed by atoms with Crippen molar-refractivity contribution < 1.29 is 19.4 Å². The topological polar surface area (TPSA) is 85.0 Å². The molecule has 31 heavy (non-hydrogen) atoms. The van der Waals surface area contributed by atoms with E-state index in [-0.39, 0.29) is 23.4 Å². The van der Waals surface area contributed by atoms with Crippen LogP contribution in [0.4, 0.5) is 0 Å². The van der Waals surface area contributed by atoms with Gasteiger partial charge < -0.3 is 25.2 Å². The Labute approximate surface area is 187 Å². The van der Waals surface area contributed by atoms with E-state index in [0.29, 0.717) is 19.4 Å². The largest absolute Gasteiger partial charge is 0.497 e. The lowest BCUT2D eigenvalue weighted by Gasteiger charge is -2.44. The second-order valence-electron chi connectivity index (χ2n) is 9.95. The zero-order valence-electron chi connectivity index (χ0n) is 19.4. The molecule has 3 N–H and O–H groups in total. The Balaban J connectivity index is 1.74. The second kappa shape index (κ2) is 10.3. The van der Waals surface area contributed by atoms with Gasteiger partial charge in [0, 0.05) is 18.9 Å². The van der Waals surface area contributed by atoms with Crippen molar-refractivity contribution in [3.63, 3.8) is 0 Å². The van der Waals surface area contributed by atoms with Crippen LogP contribution in [0.3, 0.4) is 0 Å². The third-order valence-corrected chi connectivity index (χ3v) is 7.37. The lowest BCUT2D eigenvalue weighted by Crippen LogP contribution is -2.48. The van der Waals surface area contributed by atoms with Crippen LogP contribution in [0.5, 0.6) is 5.75 Å². The van der Waals surface area contributed by atoms with Crippen LogP contribution < -0.4 is 10.5 Å². The Bertz CT molecular complexity index is 732. The van der Waals surface area contributed by atoms with Crippen molar-refractivity contribution in [1.82, 2.24) is 4.90 Å². The summed E-state index contributed by atoms with van der Waals surface area (Å²) >= 11 is 0. The highest BCUT2D eigenvalue weighted by Gasteiger charge is 2.45. The van der Waals surface area contributed by atoms with Crippen LogP contribution >= 0.6 is 0 Å². The summed E-state index contributed by atoms with van der Waals surface area (Å²) in [5.74, 6) is 0.602. The number of rotatable bonds is 8. The van der Waals surface area contributed by atoms with Gasteiger partial charge >= 0.3 is 5.97 Å². The van der Waals surface area contributed by atoms with E-state index < -0.39 is 5.60 Å². The molecule has 3 rings (SSSR count). The van der Waals surface area contributed by atoms with Gasteiger partial charge in [-0.25, -0.2) is 0 Å². The Morgan fingerprint density at radius 3 is 2.61 bits per heavy atom. The second-order valence-corrected chi connectivity index (χ2v) is 9.95. The number of carbonyl (C=O) groups excluding carboxylic acids is 1. The third kappa shape index (κ3) is 5.79. The molecule has 0 heterocycles. The number of hydrogen-bond acceptors (Lipinski definition) is 6. The summed E-state index contributed by atoms with van der Waals surface area (Å²) in [6.07, 6.45) is 7.56. The molecular formula is C25H40N2O4. The van der Waals surface area contributed by atoms with Gasteiger partial charge in [0.05, 0.1) is 19.1 Å². The van der Waals surface area contributed by atoms with Crippen LogP contribution in [0.1, 0.15) is 63.4 Å². The van der Waals surface area contributed by atoms with Crippen molar-refractivity contribution in [2.75, 3.05) is 34.3 Å². The molecule has 0 aromatic heterocycles. The van der Waals surface area contributed by atoms with Crippen LogP contribution in [0.25, 0.3) is 0 Å². The first-order valence-corrected chi connectivity index (χ1v) is 11.7. The molecule has 1 aromatic carbocycles. The van der Waals surface area contributed by atoms with Gasteiger partial charge in [0.25, 0.3) is 0 Å². The molecule has 6 heteroatoms. The van der Waals surface area contributed by atoms with Crippen molar-refractivity contribution in [3.05, 3.63) is 29.8 Å². The van der Waals surface area contributed by atoms with Crippen molar-refractivity contribution in [3.8, 4) is 5.75 Å². The first-order valence-electron chi connectivity index (χ1n) is 11.7. The molecule has 0 unspecified atom stereocenters. The van der Waals surface area contributed by atoms with Gasteiger partial charge in [-0.2, -0.15) is 0 Å². The Kier molecular flexibility index (Phi) is 8.00. The third-order valence-electron chi connectivity index (χ3n) is 7.37. The minimum atomic E-state index is -1.07. The number of carbonyl (C=O) groups is 1. The molecule has 1 aromatic rings. The van der Waals surface area contributed by atoms with E-state index in [1.807, 2.05) is 38.4 Å². The number of benzene rings is 1. The number of nitrogens with two attached hydrogens (primary N) is 1. The number of aliphatic hydroxyl groups is 1. The van der Waals surface area contributed by atoms with Crippen LogP contribution in [0.15, 0.2) is 24.3 Å². The minimum Gasteiger partial charge on any atom is -0.497 e. The molecule has 3 atom stereocenters. The van der Waals surface area contributed by atoms with Gasteiger partial charge in [0.15, 0.2) is 0 Å². The Morgan fingerprint density at radius 1 is 1.23 bits per heavy atom. The zero-order valence-corrected chi connectivity index (χ0v) is 19.4. The predicted octanol–water partition coefficient (Wildman–Crippen LogP) is 3.46. The van der Waals surface area contributed by atoms with Crippen LogP contribution in [0, 0.1) is 11.3 Å². The van der Waals surface area contributed by atoms with E-state index in [1.54, 1.807) is 7.11 Å². The number of esters is 1. The number of methoxy groups -OCH3 is 1. The zero-order chi connectivity index (χ0) is 22.5. The Hall–Kier alpha value is -1.63. The first kappa shape index (κ1) is 24.0. The highest BCUT2D eigenvalue weighted by Crippen LogP contribution is 2.44. The van der Waals surface area contributed by atoms with Crippen molar-refractivity contribution in [2.24, 2.45) is 17.1 Å². The minimum absolute atomic E-state index is 0.0540. The molecule has 2 fully saturated rings. The molecule has 0 bridgehead atoms. The molecular weight excluding hydrogens is 392 g/mol. The first-order chi connectivity index (χ1) is 14.8. The van der Waals surface area contributed by atoms with Crippen LogP contribution in [-0.2, 0) is 15.1 Å². The Morgan fingerprint density at radius 2 is 1.97 bits per heavy atom. The predicted molar refractivity (Wildman–Crippen MR) is 122 cm³/mol. The van der Waals surface area contributed by atoms with Gasteiger partial charge in [-0.15, -0.1) is 0 Å². The van der Waals surface area contributed by atoms with Gasteiger partial charge in [-0.1, -0.05) is 31.4 Å². The summed E-state index contributed by atoms with van der Waals surface area (Å²) in [5, 5.41) is 11.9. The number of nitrogens with zero attached hydrogens (tertiary/aromatic N) is 1. The maximum atomic E-state index is 12.9. The van der Waals surface area contributed by atoms with Gasteiger partial charge in [0.2, 0.25) is 0 Å². The van der Waals surface area contributed by atoms with Crippen molar-refractivity contribution >= 4 is 5.97 Å². The summed E-state index contributed by atoms with van der Waals surface area (Å²) in [5.41, 5.74) is 5.71. The average Bonchev–Trinajstić information content (AvgIpc) is 2.76. The molecule has 174 valence electrons. The molecule has 2 aliphatic carbocycles. The highest BCUT2D eigenvalue weighted by molar-refractivity contribution is 5.70. The smallest absolute Gasteiger partial charge is 0.306 e. The van der Waals surface area contributed by atoms with E-state index in [1.165, 1.54) is 6.42 Å². The fourth-order valence-electron chi connectivity index (χ4n) is 5.56. The number of ether oxygens (including phenoxy) is 2. The maximum absolute atomic E-state index is 12.9. The molecule has 0 saturated heterocycles. The summed E-state index contributed by atoms with van der Waals surface area (Å²) in [4.78, 5) is 15.0. The van der Waals surface area contributed by atoms with E-state index in [0.717, 1.165) is 56.4 Å². The molecule has 2 aliphatic rings. The van der Waals surface area contributed by atoms with Crippen molar-refractivity contribution in [1.29, 1.82) is 0 Å². The quantitative estimate of drug-likeness (QED) is 0.612. The summed E-state index contributed by atoms with van der Waals surface area (Å²) in [7, 11) is 5.67. The van der Waals surface area contributed by atoms with E-state index in [2.05, 4.69) is 4.90 Å². The maximum Gasteiger partial charge on any atom is 0.306 e. The molecule has 0 amide bonds. The van der Waals surface area contributed by atoms with E-state index in [4.69, 9.17) is 15.2 Å². The van der Waals surface area contributed by atoms with Crippen molar-refractivity contribution in [2.45, 2.75) is 69.5 Å². The molecule has 0 spiro atoms. The highest BCUT2D eigenvalue weighted by atomic mass is 16.5. The summed E-state index contributed by atoms with van der Waals surface area (Å²) < 4.78 is 11.3. The molecule has 0 aliphatic heterocycles. The summed E-state index contributed by atoms with van der Waals surface area (Å²) in [6.45, 7) is 1.30. The van der Waals surface area contributed by atoms with Gasteiger partial charge in [-0.05, 0) is 69.4 Å². The number of hydrogen-bond donors (Lipinski definition) is 2. The molecule has 6 nitrogen and oxygen atoms in total. The van der Waals surface area contributed by atoms with Crippen LogP contribution in [0.2, 0.25) is 0 Å². The normalized spacial score (nSPS) is 28.3. The fraction of sp³-hybridized carbons (Fsp3) is 0.720. The van der Waals surface area contributed by atoms with Gasteiger partial charge in [0.1, 0.15) is 11.9 Å². The standard InChI is InChI=1S/C25H40N2O4/c1-27(2)17-20-10-11-22(15-25(20,29)19-8-7-9-21(14-19)30-3)31-23(28)16-24(18-26)12-5-4-6-13-24/h7-9,14,20,22,29H,4-6,10-13,15-18,26H2,1-3H3/t20-,22-,25+/m1/s1. The lowest BCUT2D eigenvalue weighted by atomic mass is 9.70. The molecule has 2 saturated carbocycles. The van der Waals surface area contributed by atoms with Crippen LogP contribution in [-0.4, -0.2) is 56.4 Å². The molecule has 0 radical (unpaired) electrons. The summed E-state index contributed by atoms with van der Waals surface area (Å²) in [6, 6.07) is 7.63. The average molecular weight is 433 g/mol. The monoisotopic (exact) mass is 432 g/mol. The lowest BCUT2D eigenvalue weighted by molar-refractivity contribution is -0.164.